The highest BCUT2D eigenvalue weighted by molar-refractivity contribution is 5.88. The first-order valence-corrected chi connectivity index (χ1v) is 7.58. The minimum atomic E-state index is 0.594. The first kappa shape index (κ1) is 13.0. The number of fused-ring (bicyclic) bond motifs is 2. The lowest BCUT2D eigenvalue weighted by molar-refractivity contribution is 1.03. The lowest BCUT2D eigenvalue weighted by Crippen LogP contribution is -2.01. The lowest BCUT2D eigenvalue weighted by Gasteiger charge is -2.08. The highest BCUT2D eigenvalue weighted by Gasteiger charge is 2.14. The van der Waals surface area contributed by atoms with Crippen LogP contribution in [-0.4, -0.2) is 29.5 Å². The van der Waals surface area contributed by atoms with Gasteiger partial charge >= 0.3 is 0 Å². The van der Waals surface area contributed by atoms with Gasteiger partial charge in [-0.2, -0.15) is 0 Å². The van der Waals surface area contributed by atoms with E-state index < -0.39 is 0 Å². The van der Waals surface area contributed by atoms with E-state index in [4.69, 9.17) is 4.98 Å². The molecule has 0 aliphatic rings. The normalized spacial score (nSPS) is 11.3. The zero-order valence-corrected chi connectivity index (χ0v) is 12.6. The average Bonchev–Trinajstić information content (AvgIpc) is 3.28. The summed E-state index contributed by atoms with van der Waals surface area (Å²) in [5.74, 6) is 1.42. The molecular formula is C18H12N6. The summed E-state index contributed by atoms with van der Waals surface area (Å²) >= 11 is 0. The van der Waals surface area contributed by atoms with Gasteiger partial charge in [-0.1, -0.05) is 6.07 Å². The van der Waals surface area contributed by atoms with Crippen LogP contribution in [0.25, 0.3) is 39.3 Å². The van der Waals surface area contributed by atoms with Crippen molar-refractivity contribution in [2.45, 2.75) is 0 Å². The van der Waals surface area contributed by atoms with E-state index in [2.05, 4.69) is 24.5 Å². The van der Waals surface area contributed by atoms with Crippen molar-refractivity contribution in [1.82, 2.24) is 29.5 Å². The maximum absolute atomic E-state index is 4.78. The van der Waals surface area contributed by atoms with Crippen LogP contribution in [0.4, 0.5) is 0 Å². The van der Waals surface area contributed by atoms with Crippen molar-refractivity contribution in [3.63, 3.8) is 0 Å². The Labute approximate surface area is 136 Å². The predicted octanol–water partition coefficient (Wildman–Crippen LogP) is 3.36. The molecule has 6 nitrogen and oxygen atoms in total. The van der Waals surface area contributed by atoms with Crippen molar-refractivity contribution < 1.29 is 0 Å². The minimum Gasteiger partial charge on any atom is -0.346 e. The van der Waals surface area contributed by atoms with Crippen LogP contribution in [0.3, 0.4) is 0 Å². The lowest BCUT2D eigenvalue weighted by atomic mass is 10.3. The van der Waals surface area contributed by atoms with Gasteiger partial charge in [-0.05, 0) is 30.3 Å². The Morgan fingerprint density at radius 3 is 2.88 bits per heavy atom. The van der Waals surface area contributed by atoms with Crippen LogP contribution < -0.4 is 0 Å². The Balaban J connectivity index is 1.83. The fourth-order valence-electron chi connectivity index (χ4n) is 2.89. The Kier molecular flexibility index (Phi) is 2.69. The average molecular weight is 312 g/mol. The monoisotopic (exact) mass is 312 g/mol. The molecule has 0 fully saturated rings. The Morgan fingerprint density at radius 1 is 0.958 bits per heavy atom. The Morgan fingerprint density at radius 2 is 1.96 bits per heavy atom. The van der Waals surface area contributed by atoms with Crippen molar-refractivity contribution in [2.24, 2.45) is 0 Å². The third-order valence-electron chi connectivity index (χ3n) is 4.01. The molecule has 0 spiro atoms. The van der Waals surface area contributed by atoms with E-state index in [-0.39, 0.29) is 0 Å². The standard InChI is InChI=1S/C18H12N6/c1-2-7-20-14(3-1)17-22-16-13(4-9-21-16)18(23-17)24-10-6-12-11-19-8-5-15(12)24/h1-11H,(H,21,22,23). The molecule has 0 amide bonds. The number of hydrogen-bond donors (Lipinski definition) is 1. The van der Waals surface area contributed by atoms with Crippen LogP contribution in [0.1, 0.15) is 0 Å². The van der Waals surface area contributed by atoms with Crippen molar-refractivity contribution in [1.29, 1.82) is 0 Å². The number of nitrogens with zero attached hydrogens (tertiary/aromatic N) is 5. The molecule has 0 saturated carbocycles. The molecule has 0 saturated heterocycles. The number of rotatable bonds is 2. The van der Waals surface area contributed by atoms with Gasteiger partial charge in [-0.3, -0.25) is 9.97 Å². The second kappa shape index (κ2) is 4.99. The molecule has 114 valence electrons. The van der Waals surface area contributed by atoms with Crippen LogP contribution >= 0.6 is 0 Å². The number of aromatic nitrogens is 6. The zero-order chi connectivity index (χ0) is 15.9. The first-order chi connectivity index (χ1) is 11.9. The van der Waals surface area contributed by atoms with Crippen LogP contribution in [0.5, 0.6) is 0 Å². The molecule has 24 heavy (non-hydrogen) atoms. The highest BCUT2D eigenvalue weighted by Crippen LogP contribution is 2.26. The van der Waals surface area contributed by atoms with Gasteiger partial charge in [0, 0.05) is 36.4 Å². The third kappa shape index (κ3) is 1.90. The van der Waals surface area contributed by atoms with E-state index in [0.717, 1.165) is 33.4 Å². The van der Waals surface area contributed by atoms with Crippen LogP contribution in [0.15, 0.2) is 67.4 Å². The second-order valence-electron chi connectivity index (χ2n) is 5.45. The molecule has 0 unspecified atom stereocenters. The van der Waals surface area contributed by atoms with Crippen molar-refractivity contribution in [3.05, 3.63) is 67.4 Å². The molecule has 6 heteroatoms. The first-order valence-electron chi connectivity index (χ1n) is 7.58. The summed E-state index contributed by atoms with van der Waals surface area (Å²) in [5.41, 5.74) is 2.59. The van der Waals surface area contributed by atoms with Gasteiger partial charge < -0.3 is 9.55 Å². The molecule has 0 aliphatic heterocycles. The van der Waals surface area contributed by atoms with Crippen molar-refractivity contribution in [3.8, 4) is 17.3 Å². The summed E-state index contributed by atoms with van der Waals surface area (Å²) in [5, 5.41) is 2.03. The van der Waals surface area contributed by atoms with Gasteiger partial charge in [0.2, 0.25) is 0 Å². The fraction of sp³-hybridized carbons (Fsp3) is 0. The number of hydrogen-bond acceptors (Lipinski definition) is 4. The number of aromatic amines is 1. The fourth-order valence-corrected chi connectivity index (χ4v) is 2.89. The van der Waals surface area contributed by atoms with E-state index in [1.165, 1.54) is 0 Å². The van der Waals surface area contributed by atoms with E-state index in [1.807, 2.05) is 55.0 Å². The molecule has 0 bridgehead atoms. The van der Waals surface area contributed by atoms with Gasteiger partial charge in [-0.25, -0.2) is 9.97 Å². The number of pyridine rings is 2. The molecule has 5 aromatic rings. The molecule has 1 N–H and O–H groups in total. The van der Waals surface area contributed by atoms with Crippen LogP contribution in [0.2, 0.25) is 0 Å². The van der Waals surface area contributed by atoms with Crippen LogP contribution in [-0.2, 0) is 0 Å². The summed E-state index contributed by atoms with van der Waals surface area (Å²) in [6.45, 7) is 0. The van der Waals surface area contributed by atoms with E-state index in [0.29, 0.717) is 5.82 Å². The summed E-state index contributed by atoms with van der Waals surface area (Å²) in [4.78, 5) is 21.1. The second-order valence-corrected chi connectivity index (χ2v) is 5.45. The molecule has 0 aliphatic carbocycles. The molecule has 0 aromatic carbocycles. The topological polar surface area (TPSA) is 72.3 Å². The zero-order valence-electron chi connectivity index (χ0n) is 12.6. The van der Waals surface area contributed by atoms with Crippen molar-refractivity contribution in [2.75, 3.05) is 0 Å². The highest BCUT2D eigenvalue weighted by atomic mass is 15.1. The van der Waals surface area contributed by atoms with E-state index in [9.17, 15) is 0 Å². The van der Waals surface area contributed by atoms with Gasteiger partial charge in [0.1, 0.15) is 11.3 Å². The van der Waals surface area contributed by atoms with Crippen molar-refractivity contribution >= 4 is 21.9 Å². The predicted molar refractivity (Wildman–Crippen MR) is 91.7 cm³/mol. The van der Waals surface area contributed by atoms with Gasteiger partial charge in [0.25, 0.3) is 0 Å². The third-order valence-corrected chi connectivity index (χ3v) is 4.01. The van der Waals surface area contributed by atoms with Crippen LogP contribution in [0, 0.1) is 0 Å². The summed E-state index contributed by atoms with van der Waals surface area (Å²) < 4.78 is 2.06. The SMILES string of the molecule is c1ccc(-c2nc(-n3ccc4cnccc43)c3cc[nH]c3n2)nc1. The summed E-state index contributed by atoms with van der Waals surface area (Å²) in [7, 11) is 0. The van der Waals surface area contributed by atoms with E-state index >= 15 is 0 Å². The maximum atomic E-state index is 4.78. The summed E-state index contributed by atoms with van der Waals surface area (Å²) in [6.07, 6.45) is 9.25. The quantitative estimate of drug-likeness (QED) is 0.542. The molecule has 5 rings (SSSR count). The Hall–Kier alpha value is -3.54. The van der Waals surface area contributed by atoms with Gasteiger partial charge in [0.05, 0.1) is 10.9 Å². The number of nitrogens with one attached hydrogen (secondary N) is 1. The Bertz CT molecular complexity index is 1160. The number of H-pyrrole nitrogens is 1. The molecular weight excluding hydrogens is 300 g/mol. The molecule has 5 heterocycles. The van der Waals surface area contributed by atoms with Gasteiger partial charge in [0.15, 0.2) is 11.6 Å². The largest absolute Gasteiger partial charge is 0.346 e. The minimum absolute atomic E-state index is 0.594. The maximum Gasteiger partial charge on any atom is 0.182 e. The van der Waals surface area contributed by atoms with Gasteiger partial charge in [-0.15, -0.1) is 0 Å². The smallest absolute Gasteiger partial charge is 0.182 e. The summed E-state index contributed by atoms with van der Waals surface area (Å²) in [6, 6.07) is 11.7. The molecule has 0 atom stereocenters. The molecule has 0 radical (unpaired) electrons. The van der Waals surface area contributed by atoms with E-state index in [1.54, 1.807) is 12.4 Å². The molecule has 5 aromatic heterocycles.